The molecule has 0 saturated heterocycles. The van der Waals surface area contributed by atoms with Crippen LogP contribution in [0.25, 0.3) is 0 Å². The van der Waals surface area contributed by atoms with Crippen molar-refractivity contribution < 1.29 is 58.3 Å². The average molecular weight is 749 g/mol. The van der Waals surface area contributed by atoms with Crippen molar-refractivity contribution in [1.29, 1.82) is 0 Å². The second-order valence-electron chi connectivity index (χ2n) is 13.4. The van der Waals surface area contributed by atoms with Gasteiger partial charge in [0.25, 0.3) is 0 Å². The highest BCUT2D eigenvalue weighted by molar-refractivity contribution is 7.47. The SMILES string of the molecule is CC/C=C\C/C=C\C/C=C\CCCCCC(=O)OC(COCCCCCCCCCCCCC)COP(=O)(O)OC1C(O)C(O)C(O)C(O)C1O. The molecule has 0 bridgehead atoms. The smallest absolute Gasteiger partial charge is 0.457 e. The predicted octanol–water partition coefficient (Wildman–Crippen LogP) is 6.36. The first-order valence-electron chi connectivity index (χ1n) is 19.3. The van der Waals surface area contributed by atoms with Gasteiger partial charge in [-0.25, -0.2) is 4.57 Å². The Morgan fingerprint density at radius 3 is 1.75 bits per heavy atom. The molecule has 0 heterocycles. The number of carbonyl (C=O) groups is 1. The molecule has 13 heteroatoms. The summed E-state index contributed by atoms with van der Waals surface area (Å²) in [5.41, 5.74) is 0. The van der Waals surface area contributed by atoms with Crippen LogP contribution in [0, 0.1) is 0 Å². The molecule has 1 aliphatic rings. The molecule has 6 unspecified atom stereocenters. The van der Waals surface area contributed by atoms with E-state index in [9.17, 15) is 39.8 Å². The highest BCUT2D eigenvalue weighted by Crippen LogP contribution is 2.47. The molecule has 6 N–H and O–H groups in total. The van der Waals surface area contributed by atoms with E-state index < -0.39 is 63.1 Å². The van der Waals surface area contributed by atoms with Crippen LogP contribution >= 0.6 is 7.82 Å². The Kier molecular flexibility index (Phi) is 27.9. The first kappa shape index (κ1) is 47.6. The summed E-state index contributed by atoms with van der Waals surface area (Å²) in [6, 6.07) is 0. The lowest BCUT2D eigenvalue weighted by Gasteiger charge is -2.41. The van der Waals surface area contributed by atoms with Crippen molar-refractivity contribution in [3.63, 3.8) is 0 Å². The first-order valence-corrected chi connectivity index (χ1v) is 20.8. The van der Waals surface area contributed by atoms with E-state index in [1.807, 2.05) is 0 Å². The fourth-order valence-electron chi connectivity index (χ4n) is 5.66. The average Bonchev–Trinajstić information content (AvgIpc) is 3.11. The zero-order valence-corrected chi connectivity index (χ0v) is 32.0. The minimum absolute atomic E-state index is 0.0874. The zero-order chi connectivity index (χ0) is 37.7. The first-order chi connectivity index (χ1) is 24.5. The monoisotopic (exact) mass is 748 g/mol. The number of allylic oxidation sites excluding steroid dienone is 6. The maximum atomic E-state index is 12.7. The Bertz CT molecular complexity index is 989. The summed E-state index contributed by atoms with van der Waals surface area (Å²) in [4.78, 5) is 23.0. The molecule has 0 spiro atoms. The number of ether oxygens (including phenoxy) is 2. The van der Waals surface area contributed by atoms with Crippen LogP contribution in [-0.4, -0.2) is 98.9 Å². The van der Waals surface area contributed by atoms with Gasteiger partial charge in [-0.3, -0.25) is 13.8 Å². The Labute approximate surface area is 306 Å². The predicted molar refractivity (Wildman–Crippen MR) is 198 cm³/mol. The molecule has 0 radical (unpaired) electrons. The van der Waals surface area contributed by atoms with Crippen LogP contribution < -0.4 is 0 Å². The topological polar surface area (TPSA) is 192 Å². The second-order valence-corrected chi connectivity index (χ2v) is 14.8. The van der Waals surface area contributed by atoms with Crippen molar-refractivity contribution in [2.75, 3.05) is 19.8 Å². The summed E-state index contributed by atoms with van der Waals surface area (Å²) >= 11 is 0. The summed E-state index contributed by atoms with van der Waals surface area (Å²) in [5, 5.41) is 49.9. The molecule has 1 saturated carbocycles. The molecule has 0 aromatic heterocycles. The Morgan fingerprint density at radius 2 is 1.16 bits per heavy atom. The number of carbonyl (C=O) groups excluding carboxylic acids is 1. The van der Waals surface area contributed by atoms with E-state index in [0.29, 0.717) is 13.0 Å². The van der Waals surface area contributed by atoms with Crippen LogP contribution in [-0.2, 0) is 27.9 Å². The summed E-state index contributed by atoms with van der Waals surface area (Å²) in [7, 11) is -5.01. The molecule has 1 rings (SSSR count). The lowest BCUT2D eigenvalue weighted by Crippen LogP contribution is -2.64. The minimum Gasteiger partial charge on any atom is -0.457 e. The lowest BCUT2D eigenvalue weighted by molar-refractivity contribution is -0.220. The van der Waals surface area contributed by atoms with Crippen molar-refractivity contribution in [1.82, 2.24) is 0 Å². The van der Waals surface area contributed by atoms with Crippen molar-refractivity contribution in [2.24, 2.45) is 0 Å². The third-order valence-electron chi connectivity index (χ3n) is 8.78. The third-order valence-corrected chi connectivity index (χ3v) is 9.76. The number of esters is 1. The number of unbranched alkanes of at least 4 members (excludes halogenated alkanes) is 13. The van der Waals surface area contributed by atoms with Crippen LogP contribution in [0.4, 0.5) is 0 Å². The maximum Gasteiger partial charge on any atom is 0.472 e. The molecular weight excluding hydrogens is 679 g/mol. The quantitative estimate of drug-likeness (QED) is 0.0199. The fourth-order valence-corrected chi connectivity index (χ4v) is 6.63. The number of hydrogen-bond donors (Lipinski definition) is 6. The van der Waals surface area contributed by atoms with E-state index in [-0.39, 0.29) is 13.0 Å². The largest absolute Gasteiger partial charge is 0.472 e. The molecule has 51 heavy (non-hydrogen) atoms. The van der Waals surface area contributed by atoms with Crippen LogP contribution in [0.3, 0.4) is 0 Å². The minimum atomic E-state index is -5.01. The van der Waals surface area contributed by atoms with Crippen LogP contribution in [0.5, 0.6) is 0 Å². The molecule has 1 fully saturated rings. The van der Waals surface area contributed by atoms with Gasteiger partial charge in [-0.15, -0.1) is 0 Å². The Balaban J connectivity index is 2.51. The highest BCUT2D eigenvalue weighted by Gasteiger charge is 2.51. The van der Waals surface area contributed by atoms with Gasteiger partial charge in [-0.1, -0.05) is 121 Å². The molecular formula is C38H69O12P. The second kappa shape index (κ2) is 29.9. The normalized spacial score (nSPS) is 24.5. The van der Waals surface area contributed by atoms with Gasteiger partial charge in [0.2, 0.25) is 0 Å². The summed E-state index contributed by atoms with van der Waals surface area (Å²) in [6.45, 7) is 4.07. The lowest BCUT2D eigenvalue weighted by atomic mass is 9.85. The molecule has 0 aromatic rings. The summed E-state index contributed by atoms with van der Waals surface area (Å²) in [5.74, 6) is -0.508. The number of phosphoric ester groups is 1. The van der Waals surface area contributed by atoms with Crippen LogP contribution in [0.2, 0.25) is 0 Å². The number of rotatable bonds is 31. The van der Waals surface area contributed by atoms with Crippen LogP contribution in [0.1, 0.15) is 136 Å². The van der Waals surface area contributed by atoms with E-state index in [4.69, 9.17) is 18.5 Å². The molecule has 0 aromatic carbocycles. The molecule has 6 atom stereocenters. The Hall–Kier alpha value is -1.44. The van der Waals surface area contributed by atoms with Gasteiger partial charge in [-0.2, -0.15) is 0 Å². The van der Waals surface area contributed by atoms with Crippen molar-refractivity contribution in [3.8, 4) is 0 Å². The summed E-state index contributed by atoms with van der Waals surface area (Å²) in [6.07, 6.45) is 19.5. The number of phosphoric acid groups is 1. The van der Waals surface area contributed by atoms with Gasteiger partial charge in [0.15, 0.2) is 0 Å². The van der Waals surface area contributed by atoms with E-state index in [1.165, 1.54) is 51.4 Å². The van der Waals surface area contributed by atoms with E-state index in [0.717, 1.165) is 57.8 Å². The van der Waals surface area contributed by atoms with E-state index in [2.05, 4.69) is 50.3 Å². The van der Waals surface area contributed by atoms with E-state index in [1.54, 1.807) is 0 Å². The van der Waals surface area contributed by atoms with Crippen LogP contribution in [0.15, 0.2) is 36.5 Å². The number of aliphatic hydroxyl groups excluding tert-OH is 5. The summed E-state index contributed by atoms with van der Waals surface area (Å²) < 4.78 is 33.9. The number of hydrogen-bond acceptors (Lipinski definition) is 11. The van der Waals surface area contributed by atoms with Crippen molar-refractivity contribution in [2.45, 2.75) is 179 Å². The molecule has 0 amide bonds. The van der Waals surface area contributed by atoms with Gasteiger partial charge in [0.1, 0.15) is 42.7 Å². The molecule has 12 nitrogen and oxygen atoms in total. The standard InChI is InChI=1S/C38H69O12P/c1-3-5-7-9-11-13-15-16-17-19-21-23-25-27-32(39)49-31(29-47-28-26-24-22-20-18-14-12-10-8-6-4-2)30-48-51(45,46)50-38-36(43)34(41)33(40)35(42)37(38)44/h5,7,11,13,16-17,31,33-38,40-44H,3-4,6,8-10,12,14-15,18-30H2,1-2H3,(H,45,46)/b7-5-,13-11-,17-16-. The molecule has 298 valence electrons. The highest BCUT2D eigenvalue weighted by atomic mass is 31.2. The zero-order valence-electron chi connectivity index (χ0n) is 31.1. The van der Waals surface area contributed by atoms with Gasteiger partial charge in [0.05, 0.1) is 13.2 Å². The third kappa shape index (κ3) is 23.1. The molecule has 0 aliphatic heterocycles. The van der Waals surface area contributed by atoms with Gasteiger partial charge in [-0.05, 0) is 44.9 Å². The van der Waals surface area contributed by atoms with Gasteiger partial charge >= 0.3 is 13.8 Å². The molecule has 1 aliphatic carbocycles. The maximum absolute atomic E-state index is 12.7. The number of aliphatic hydroxyl groups is 5. The van der Waals surface area contributed by atoms with Crippen molar-refractivity contribution in [3.05, 3.63) is 36.5 Å². The van der Waals surface area contributed by atoms with Gasteiger partial charge < -0.3 is 39.9 Å². The Morgan fingerprint density at radius 1 is 0.647 bits per heavy atom. The van der Waals surface area contributed by atoms with Gasteiger partial charge in [0, 0.05) is 13.0 Å². The van der Waals surface area contributed by atoms with E-state index >= 15 is 0 Å². The fraction of sp³-hybridized carbons (Fsp3) is 0.816. The van der Waals surface area contributed by atoms with Crippen molar-refractivity contribution >= 4 is 13.8 Å².